The number of imidazole rings is 1. The predicted molar refractivity (Wildman–Crippen MR) is 131 cm³/mol. The third kappa shape index (κ3) is 6.43. The molecule has 0 aliphatic rings. The van der Waals surface area contributed by atoms with E-state index in [1.54, 1.807) is 6.07 Å². The highest BCUT2D eigenvalue weighted by atomic mass is 127. The van der Waals surface area contributed by atoms with Crippen LogP contribution in [0.25, 0.3) is 5.65 Å². The molecule has 0 saturated heterocycles. The normalized spacial score (nSPS) is 11.9. The topological polar surface area (TPSA) is 87.9 Å². The standard InChI is InChI=1S/C21H27N5O2S.HI/c1-4-22-21(23-11-10-18-15-26-12-6-5-7-20(26)25-18)24-14-17-8-9-19(16(2)13-17)29(3,27)28;/h5-9,12-13,15H,4,10-11,14H2,1-3H3,(H2,22,23,24);1H. The van der Waals surface area contributed by atoms with E-state index in [9.17, 15) is 8.42 Å². The number of sulfone groups is 1. The molecule has 3 rings (SSSR count). The van der Waals surface area contributed by atoms with Crippen LogP contribution in [0.5, 0.6) is 0 Å². The Hall–Kier alpha value is -2.14. The van der Waals surface area contributed by atoms with Crippen molar-refractivity contribution in [2.24, 2.45) is 4.99 Å². The summed E-state index contributed by atoms with van der Waals surface area (Å²) in [7, 11) is -3.21. The summed E-state index contributed by atoms with van der Waals surface area (Å²) in [6, 6.07) is 11.3. The van der Waals surface area contributed by atoms with Gasteiger partial charge in [0.2, 0.25) is 0 Å². The Morgan fingerprint density at radius 2 is 2.00 bits per heavy atom. The zero-order valence-corrected chi connectivity index (χ0v) is 20.6. The molecule has 3 aromatic rings. The highest BCUT2D eigenvalue weighted by molar-refractivity contribution is 14.0. The lowest BCUT2D eigenvalue weighted by Crippen LogP contribution is -2.38. The molecule has 1 aromatic carbocycles. The van der Waals surface area contributed by atoms with E-state index in [4.69, 9.17) is 0 Å². The van der Waals surface area contributed by atoms with Crippen LogP contribution in [-0.4, -0.2) is 43.1 Å². The molecule has 9 heteroatoms. The number of hydrogen-bond acceptors (Lipinski definition) is 4. The molecular weight excluding hydrogens is 513 g/mol. The lowest BCUT2D eigenvalue weighted by molar-refractivity contribution is 0.601. The number of rotatable bonds is 7. The van der Waals surface area contributed by atoms with Gasteiger partial charge in [-0.15, -0.1) is 24.0 Å². The SMILES string of the molecule is CCNC(=NCc1ccc(S(C)(=O)=O)c(C)c1)NCCc1cn2ccccc2n1.I. The molecule has 7 nitrogen and oxygen atoms in total. The summed E-state index contributed by atoms with van der Waals surface area (Å²) >= 11 is 0. The van der Waals surface area contributed by atoms with Gasteiger partial charge in [0.15, 0.2) is 15.8 Å². The molecule has 2 heterocycles. The second kappa shape index (κ2) is 10.8. The van der Waals surface area contributed by atoms with E-state index >= 15 is 0 Å². The Morgan fingerprint density at radius 1 is 1.20 bits per heavy atom. The number of fused-ring (bicyclic) bond motifs is 1. The highest BCUT2D eigenvalue weighted by Gasteiger charge is 2.10. The molecule has 0 atom stereocenters. The van der Waals surface area contributed by atoms with Gasteiger partial charge in [-0.3, -0.25) is 0 Å². The quantitative estimate of drug-likeness (QED) is 0.273. The van der Waals surface area contributed by atoms with E-state index in [2.05, 4.69) is 20.6 Å². The molecule has 0 spiro atoms. The van der Waals surface area contributed by atoms with Crippen molar-refractivity contribution >= 4 is 45.4 Å². The number of nitrogens with zero attached hydrogens (tertiary/aromatic N) is 3. The number of nitrogens with one attached hydrogen (secondary N) is 2. The van der Waals surface area contributed by atoms with Crippen LogP contribution in [0, 0.1) is 6.92 Å². The molecule has 0 unspecified atom stereocenters. The monoisotopic (exact) mass is 541 g/mol. The van der Waals surface area contributed by atoms with Crippen molar-refractivity contribution in [3.8, 4) is 0 Å². The Labute approximate surface area is 195 Å². The average molecular weight is 541 g/mol. The molecule has 0 aliphatic carbocycles. The van der Waals surface area contributed by atoms with Crippen molar-refractivity contribution in [1.82, 2.24) is 20.0 Å². The van der Waals surface area contributed by atoms with Gasteiger partial charge >= 0.3 is 0 Å². The van der Waals surface area contributed by atoms with E-state index < -0.39 is 9.84 Å². The molecule has 0 amide bonds. The zero-order valence-electron chi connectivity index (χ0n) is 17.4. The molecule has 0 saturated carbocycles. The van der Waals surface area contributed by atoms with Gasteiger partial charge in [0, 0.05) is 38.2 Å². The largest absolute Gasteiger partial charge is 0.357 e. The van der Waals surface area contributed by atoms with Crippen LogP contribution >= 0.6 is 24.0 Å². The number of pyridine rings is 1. The van der Waals surface area contributed by atoms with Crippen LogP contribution < -0.4 is 10.6 Å². The molecule has 0 radical (unpaired) electrons. The van der Waals surface area contributed by atoms with E-state index in [-0.39, 0.29) is 24.0 Å². The van der Waals surface area contributed by atoms with Gasteiger partial charge in [-0.2, -0.15) is 0 Å². The predicted octanol–water partition coefficient (Wildman–Crippen LogP) is 2.96. The fourth-order valence-electron chi connectivity index (χ4n) is 3.15. The fraction of sp³-hybridized carbons (Fsp3) is 0.333. The molecule has 0 aliphatic heterocycles. The molecule has 2 N–H and O–H groups in total. The summed E-state index contributed by atoms with van der Waals surface area (Å²) in [6.07, 6.45) is 6.03. The molecular formula is C21H28IN5O2S. The second-order valence-electron chi connectivity index (χ2n) is 6.94. The Balaban J connectivity index is 0.00000320. The number of aromatic nitrogens is 2. The molecule has 0 bridgehead atoms. The molecule has 0 fully saturated rings. The van der Waals surface area contributed by atoms with Gasteiger partial charge in [0.05, 0.1) is 17.1 Å². The molecule has 2 aromatic heterocycles. The number of hydrogen-bond donors (Lipinski definition) is 2. The third-order valence-corrected chi connectivity index (χ3v) is 5.75. The van der Waals surface area contributed by atoms with E-state index in [1.165, 1.54) is 6.26 Å². The van der Waals surface area contributed by atoms with Crippen molar-refractivity contribution in [2.45, 2.75) is 31.7 Å². The van der Waals surface area contributed by atoms with Gasteiger partial charge in [0.1, 0.15) is 5.65 Å². The van der Waals surface area contributed by atoms with Crippen LogP contribution in [0.2, 0.25) is 0 Å². The number of aryl methyl sites for hydroxylation is 1. The highest BCUT2D eigenvalue weighted by Crippen LogP contribution is 2.17. The maximum atomic E-state index is 11.8. The summed E-state index contributed by atoms with van der Waals surface area (Å²) in [6.45, 7) is 5.76. The van der Waals surface area contributed by atoms with Crippen molar-refractivity contribution in [1.29, 1.82) is 0 Å². The van der Waals surface area contributed by atoms with Crippen LogP contribution in [0.15, 0.2) is 58.7 Å². The first-order valence-electron chi connectivity index (χ1n) is 9.61. The van der Waals surface area contributed by atoms with Crippen LogP contribution in [0.1, 0.15) is 23.7 Å². The maximum Gasteiger partial charge on any atom is 0.191 e. The molecule has 162 valence electrons. The fourth-order valence-corrected chi connectivity index (χ4v) is 4.11. The lowest BCUT2D eigenvalue weighted by atomic mass is 10.1. The minimum absolute atomic E-state index is 0. The van der Waals surface area contributed by atoms with Gasteiger partial charge in [0.25, 0.3) is 0 Å². The first-order chi connectivity index (χ1) is 13.9. The minimum Gasteiger partial charge on any atom is -0.357 e. The summed E-state index contributed by atoms with van der Waals surface area (Å²) in [4.78, 5) is 9.57. The smallest absolute Gasteiger partial charge is 0.191 e. The Bertz CT molecular complexity index is 1090. The van der Waals surface area contributed by atoms with Crippen molar-refractivity contribution in [3.63, 3.8) is 0 Å². The number of guanidine groups is 1. The zero-order chi connectivity index (χ0) is 20.9. The Morgan fingerprint density at radius 3 is 2.67 bits per heavy atom. The Kier molecular flexibility index (Phi) is 8.65. The first-order valence-corrected chi connectivity index (χ1v) is 11.5. The van der Waals surface area contributed by atoms with E-state index in [0.717, 1.165) is 41.4 Å². The summed E-state index contributed by atoms with van der Waals surface area (Å²) < 4.78 is 25.5. The summed E-state index contributed by atoms with van der Waals surface area (Å²) in [5.74, 6) is 0.723. The van der Waals surface area contributed by atoms with Gasteiger partial charge in [-0.25, -0.2) is 18.4 Å². The third-order valence-electron chi connectivity index (χ3n) is 4.49. The van der Waals surface area contributed by atoms with Crippen LogP contribution in [0.4, 0.5) is 0 Å². The van der Waals surface area contributed by atoms with E-state index in [1.807, 2.05) is 61.0 Å². The lowest BCUT2D eigenvalue weighted by Gasteiger charge is -2.11. The van der Waals surface area contributed by atoms with Gasteiger partial charge in [-0.05, 0) is 43.2 Å². The first kappa shape index (κ1) is 24.1. The van der Waals surface area contributed by atoms with Crippen molar-refractivity contribution in [2.75, 3.05) is 19.3 Å². The summed E-state index contributed by atoms with van der Waals surface area (Å²) in [5, 5.41) is 6.56. The number of benzene rings is 1. The average Bonchev–Trinajstić information content (AvgIpc) is 3.08. The van der Waals surface area contributed by atoms with Crippen molar-refractivity contribution in [3.05, 3.63) is 65.6 Å². The second-order valence-corrected chi connectivity index (χ2v) is 8.93. The number of halogens is 1. The van der Waals surface area contributed by atoms with Crippen LogP contribution in [0.3, 0.4) is 0 Å². The van der Waals surface area contributed by atoms with Gasteiger partial charge < -0.3 is 15.0 Å². The summed E-state index contributed by atoms with van der Waals surface area (Å²) in [5.41, 5.74) is 3.67. The number of aliphatic imine (C=N–C) groups is 1. The minimum atomic E-state index is -3.21. The van der Waals surface area contributed by atoms with E-state index in [0.29, 0.717) is 18.0 Å². The molecule has 30 heavy (non-hydrogen) atoms. The van der Waals surface area contributed by atoms with Gasteiger partial charge in [-0.1, -0.05) is 18.2 Å². The van der Waals surface area contributed by atoms with Crippen LogP contribution in [-0.2, 0) is 22.8 Å². The van der Waals surface area contributed by atoms with Crippen molar-refractivity contribution < 1.29 is 8.42 Å². The maximum absolute atomic E-state index is 11.8.